The lowest BCUT2D eigenvalue weighted by atomic mass is 10.1. The van der Waals surface area contributed by atoms with Crippen LogP contribution in [-0.2, 0) is 5.88 Å². The van der Waals surface area contributed by atoms with Gasteiger partial charge < -0.3 is 0 Å². The minimum absolute atomic E-state index is 0.119. The van der Waals surface area contributed by atoms with Crippen molar-refractivity contribution in [2.45, 2.75) is 12.3 Å². The van der Waals surface area contributed by atoms with Gasteiger partial charge in [0.1, 0.15) is 17.5 Å². The number of aromatic nitrogens is 1. The van der Waals surface area contributed by atoms with Crippen molar-refractivity contribution in [3.05, 3.63) is 28.6 Å². The van der Waals surface area contributed by atoms with Gasteiger partial charge in [0.2, 0.25) is 0 Å². The Bertz CT molecular complexity index is 429. The third-order valence-electron chi connectivity index (χ3n) is 1.73. The van der Waals surface area contributed by atoms with Crippen molar-refractivity contribution in [2.24, 2.45) is 0 Å². The number of nitriles is 1. The lowest BCUT2D eigenvalue weighted by Crippen LogP contribution is -2.03. The summed E-state index contributed by atoms with van der Waals surface area (Å²) in [5.74, 6) is -0.119. The maximum absolute atomic E-state index is 12.5. The van der Waals surface area contributed by atoms with Crippen LogP contribution in [0.2, 0.25) is 0 Å². The molecule has 0 aliphatic carbocycles. The maximum atomic E-state index is 12.5. The number of rotatable bonds is 3. The molecule has 0 unspecified atom stereocenters. The standard InChI is InChI=1S/C9H5ClF2N2O/c10-2-5-1-6(4-15)14-8(9(11)12)7(5)3-13/h1,4,9H,2H2. The van der Waals surface area contributed by atoms with E-state index >= 15 is 0 Å². The van der Waals surface area contributed by atoms with E-state index in [0.29, 0.717) is 6.29 Å². The highest BCUT2D eigenvalue weighted by atomic mass is 35.5. The number of nitrogens with zero attached hydrogens (tertiary/aromatic N) is 2. The Balaban J connectivity index is 3.47. The third-order valence-corrected chi connectivity index (χ3v) is 2.02. The van der Waals surface area contributed by atoms with Gasteiger partial charge in [-0.2, -0.15) is 5.26 Å². The highest BCUT2D eigenvalue weighted by Crippen LogP contribution is 2.24. The van der Waals surface area contributed by atoms with E-state index in [-0.39, 0.29) is 22.7 Å². The first-order chi connectivity index (χ1) is 7.13. The molecule has 0 aliphatic heterocycles. The van der Waals surface area contributed by atoms with E-state index in [1.165, 1.54) is 6.07 Å². The highest BCUT2D eigenvalue weighted by Gasteiger charge is 2.19. The van der Waals surface area contributed by atoms with Crippen LogP contribution in [0.4, 0.5) is 8.78 Å². The zero-order valence-electron chi connectivity index (χ0n) is 7.38. The summed E-state index contributed by atoms with van der Waals surface area (Å²) in [5.41, 5.74) is -0.921. The number of aldehydes is 1. The molecule has 0 amide bonds. The molecule has 0 spiro atoms. The van der Waals surface area contributed by atoms with Gasteiger partial charge in [-0.15, -0.1) is 11.6 Å². The smallest absolute Gasteiger partial charge is 0.281 e. The number of carbonyl (C=O) groups is 1. The van der Waals surface area contributed by atoms with Crippen LogP contribution in [0.15, 0.2) is 6.07 Å². The SMILES string of the molecule is N#Cc1c(CCl)cc(C=O)nc1C(F)F. The van der Waals surface area contributed by atoms with Gasteiger partial charge in [0, 0.05) is 5.88 Å². The lowest BCUT2D eigenvalue weighted by molar-refractivity contribution is 0.111. The first-order valence-electron chi connectivity index (χ1n) is 3.87. The summed E-state index contributed by atoms with van der Waals surface area (Å²) in [4.78, 5) is 13.8. The Hall–Kier alpha value is -1.54. The first-order valence-corrected chi connectivity index (χ1v) is 4.40. The molecule has 0 saturated carbocycles. The third kappa shape index (κ3) is 2.28. The highest BCUT2D eigenvalue weighted by molar-refractivity contribution is 6.17. The van der Waals surface area contributed by atoms with Crippen LogP contribution in [0.25, 0.3) is 0 Å². The summed E-state index contributed by atoms with van der Waals surface area (Å²) < 4.78 is 24.9. The lowest BCUT2D eigenvalue weighted by Gasteiger charge is -2.06. The largest absolute Gasteiger partial charge is 0.296 e. The van der Waals surface area contributed by atoms with E-state index in [1.54, 1.807) is 6.07 Å². The van der Waals surface area contributed by atoms with Gasteiger partial charge in [-0.1, -0.05) is 0 Å². The van der Waals surface area contributed by atoms with E-state index in [2.05, 4.69) is 4.98 Å². The molecule has 0 saturated heterocycles. The summed E-state index contributed by atoms with van der Waals surface area (Å²) in [6.45, 7) is 0. The molecule has 0 aliphatic rings. The van der Waals surface area contributed by atoms with Crippen LogP contribution in [0.3, 0.4) is 0 Å². The van der Waals surface area contributed by atoms with Crippen molar-refractivity contribution >= 4 is 17.9 Å². The number of pyridine rings is 1. The fraction of sp³-hybridized carbons (Fsp3) is 0.222. The monoisotopic (exact) mass is 230 g/mol. The minimum Gasteiger partial charge on any atom is -0.296 e. The van der Waals surface area contributed by atoms with E-state index in [0.717, 1.165) is 0 Å². The van der Waals surface area contributed by atoms with Gasteiger partial charge >= 0.3 is 0 Å². The topological polar surface area (TPSA) is 53.8 Å². The van der Waals surface area contributed by atoms with Crippen LogP contribution >= 0.6 is 11.6 Å². The Labute approximate surface area is 89.3 Å². The summed E-state index contributed by atoms with van der Waals surface area (Å²) in [5, 5.41) is 8.67. The molecular weight excluding hydrogens is 226 g/mol. The molecule has 78 valence electrons. The molecule has 6 heteroatoms. The maximum Gasteiger partial charge on any atom is 0.281 e. The molecule has 3 nitrogen and oxygen atoms in total. The molecule has 15 heavy (non-hydrogen) atoms. The molecule has 0 atom stereocenters. The summed E-state index contributed by atoms with van der Waals surface area (Å²) in [7, 11) is 0. The van der Waals surface area contributed by atoms with Crippen LogP contribution in [-0.4, -0.2) is 11.3 Å². The molecule has 0 radical (unpaired) electrons. The zero-order chi connectivity index (χ0) is 11.4. The predicted octanol–water partition coefficient (Wildman–Crippen LogP) is 2.44. The fourth-order valence-electron chi connectivity index (χ4n) is 1.10. The number of hydrogen-bond donors (Lipinski definition) is 0. The molecule has 0 bridgehead atoms. The van der Waals surface area contributed by atoms with Gasteiger partial charge in [0.05, 0.1) is 5.56 Å². The molecule has 1 aromatic heterocycles. The quantitative estimate of drug-likeness (QED) is 0.592. The Kier molecular flexibility index (Phi) is 3.69. The second-order valence-electron chi connectivity index (χ2n) is 2.63. The Morgan fingerprint density at radius 2 is 2.33 bits per heavy atom. The molecule has 0 aromatic carbocycles. The molecule has 1 rings (SSSR count). The van der Waals surface area contributed by atoms with Gasteiger partial charge in [0.25, 0.3) is 6.43 Å². The van der Waals surface area contributed by atoms with E-state index in [9.17, 15) is 13.6 Å². The Morgan fingerprint density at radius 1 is 1.67 bits per heavy atom. The molecule has 0 fully saturated rings. The number of carbonyl (C=O) groups excluding carboxylic acids is 1. The average molecular weight is 231 g/mol. The molecular formula is C9H5ClF2N2O. The van der Waals surface area contributed by atoms with Gasteiger partial charge in [-0.05, 0) is 11.6 Å². The van der Waals surface area contributed by atoms with Crippen LogP contribution in [0.5, 0.6) is 0 Å². The molecule has 1 aromatic rings. The predicted molar refractivity (Wildman–Crippen MR) is 48.9 cm³/mol. The Morgan fingerprint density at radius 3 is 2.73 bits per heavy atom. The van der Waals surface area contributed by atoms with Crippen molar-refractivity contribution in [1.29, 1.82) is 5.26 Å². The second kappa shape index (κ2) is 4.80. The van der Waals surface area contributed by atoms with Crippen molar-refractivity contribution < 1.29 is 13.6 Å². The van der Waals surface area contributed by atoms with E-state index < -0.39 is 12.1 Å². The van der Waals surface area contributed by atoms with Crippen LogP contribution in [0.1, 0.15) is 33.7 Å². The van der Waals surface area contributed by atoms with Crippen molar-refractivity contribution in [3.8, 4) is 6.07 Å². The average Bonchev–Trinajstić information content (AvgIpc) is 2.26. The zero-order valence-corrected chi connectivity index (χ0v) is 8.13. The molecule has 1 heterocycles. The summed E-state index contributed by atoms with van der Waals surface area (Å²) in [6, 6.07) is 2.83. The fourth-order valence-corrected chi connectivity index (χ4v) is 1.31. The van der Waals surface area contributed by atoms with Crippen molar-refractivity contribution in [1.82, 2.24) is 4.98 Å². The van der Waals surface area contributed by atoms with Gasteiger partial charge in [-0.3, -0.25) is 4.79 Å². The van der Waals surface area contributed by atoms with E-state index in [1.807, 2.05) is 0 Å². The van der Waals surface area contributed by atoms with Crippen molar-refractivity contribution in [2.75, 3.05) is 0 Å². The minimum atomic E-state index is -2.90. The van der Waals surface area contributed by atoms with E-state index in [4.69, 9.17) is 16.9 Å². The van der Waals surface area contributed by atoms with Gasteiger partial charge in [-0.25, -0.2) is 13.8 Å². The summed E-state index contributed by atoms with van der Waals surface area (Å²) >= 11 is 5.48. The normalized spacial score (nSPS) is 10.1. The number of halogens is 3. The second-order valence-corrected chi connectivity index (χ2v) is 2.90. The molecule has 0 N–H and O–H groups in total. The van der Waals surface area contributed by atoms with Crippen LogP contribution in [0, 0.1) is 11.3 Å². The number of alkyl halides is 3. The van der Waals surface area contributed by atoms with Crippen LogP contribution < -0.4 is 0 Å². The number of hydrogen-bond acceptors (Lipinski definition) is 3. The first kappa shape index (κ1) is 11.5. The van der Waals surface area contributed by atoms with Gasteiger partial charge in [0.15, 0.2) is 6.29 Å². The van der Waals surface area contributed by atoms with Crippen molar-refractivity contribution in [3.63, 3.8) is 0 Å². The summed E-state index contributed by atoms with van der Waals surface area (Å²) in [6.07, 6.45) is -2.56.